The lowest BCUT2D eigenvalue weighted by atomic mass is 10.2. The topological polar surface area (TPSA) is 42.0 Å². The van der Waals surface area contributed by atoms with E-state index in [1.165, 1.54) is 0 Å². The van der Waals surface area contributed by atoms with E-state index < -0.39 is 0 Å². The van der Waals surface area contributed by atoms with Crippen LogP contribution in [0, 0.1) is 12.8 Å². The lowest BCUT2D eigenvalue weighted by molar-refractivity contribution is -0.118. The van der Waals surface area contributed by atoms with Crippen molar-refractivity contribution in [2.45, 2.75) is 20.8 Å². The summed E-state index contributed by atoms with van der Waals surface area (Å²) in [4.78, 5) is 15.6. The fourth-order valence-electron chi connectivity index (χ4n) is 0.940. The highest BCUT2D eigenvalue weighted by atomic mass is 79.9. The molecular formula is C10H13BrN2O. The van der Waals surface area contributed by atoms with E-state index >= 15 is 0 Å². The Morgan fingerprint density at radius 3 is 2.64 bits per heavy atom. The molecule has 0 aliphatic rings. The van der Waals surface area contributed by atoms with Gasteiger partial charge in [0.05, 0.1) is 11.4 Å². The molecule has 1 rings (SSSR count). The SMILES string of the molecule is Cc1nc(Br)ccc1NC(=O)C(C)C. The summed E-state index contributed by atoms with van der Waals surface area (Å²) in [6.07, 6.45) is 0. The smallest absolute Gasteiger partial charge is 0.226 e. The predicted octanol–water partition coefficient (Wildman–Crippen LogP) is 2.75. The van der Waals surface area contributed by atoms with E-state index in [0.717, 1.165) is 16.0 Å². The summed E-state index contributed by atoms with van der Waals surface area (Å²) >= 11 is 3.27. The summed E-state index contributed by atoms with van der Waals surface area (Å²) in [5.74, 6) is -0.00438. The monoisotopic (exact) mass is 256 g/mol. The molecule has 0 radical (unpaired) electrons. The molecule has 0 fully saturated rings. The summed E-state index contributed by atoms with van der Waals surface area (Å²) in [6, 6.07) is 3.65. The Balaban J connectivity index is 2.82. The average molecular weight is 257 g/mol. The van der Waals surface area contributed by atoms with E-state index in [9.17, 15) is 4.79 Å². The van der Waals surface area contributed by atoms with Crippen LogP contribution in [0.4, 0.5) is 5.69 Å². The summed E-state index contributed by atoms with van der Waals surface area (Å²) in [7, 11) is 0. The number of hydrogen-bond donors (Lipinski definition) is 1. The lowest BCUT2D eigenvalue weighted by Gasteiger charge is -2.09. The number of nitrogens with one attached hydrogen (secondary N) is 1. The van der Waals surface area contributed by atoms with Crippen LogP contribution in [0.25, 0.3) is 0 Å². The maximum Gasteiger partial charge on any atom is 0.226 e. The number of carbonyl (C=O) groups is 1. The maximum atomic E-state index is 11.4. The van der Waals surface area contributed by atoms with Gasteiger partial charge in [0.25, 0.3) is 0 Å². The maximum absolute atomic E-state index is 11.4. The van der Waals surface area contributed by atoms with E-state index in [4.69, 9.17) is 0 Å². The molecule has 0 saturated heterocycles. The van der Waals surface area contributed by atoms with Crippen molar-refractivity contribution in [2.75, 3.05) is 5.32 Å². The predicted molar refractivity (Wildman–Crippen MR) is 60.1 cm³/mol. The Hall–Kier alpha value is -0.900. The Bertz CT molecular complexity index is 350. The molecule has 0 aliphatic carbocycles. The van der Waals surface area contributed by atoms with Crippen LogP contribution in [0.1, 0.15) is 19.5 Å². The van der Waals surface area contributed by atoms with Gasteiger partial charge in [0.2, 0.25) is 5.91 Å². The Morgan fingerprint density at radius 1 is 1.50 bits per heavy atom. The van der Waals surface area contributed by atoms with Crippen LogP contribution in [-0.2, 0) is 4.79 Å². The molecule has 3 nitrogen and oxygen atoms in total. The van der Waals surface area contributed by atoms with Crippen LogP contribution in [0.15, 0.2) is 16.7 Å². The van der Waals surface area contributed by atoms with Crippen molar-refractivity contribution < 1.29 is 4.79 Å². The number of carbonyl (C=O) groups excluding carboxylic acids is 1. The van der Waals surface area contributed by atoms with Gasteiger partial charge in [-0.25, -0.2) is 4.98 Å². The second-order valence-electron chi connectivity index (χ2n) is 3.41. The molecule has 0 aromatic carbocycles. The molecule has 1 N–H and O–H groups in total. The molecular weight excluding hydrogens is 244 g/mol. The van der Waals surface area contributed by atoms with Crippen molar-refractivity contribution in [3.63, 3.8) is 0 Å². The minimum absolute atomic E-state index is 0.0113. The first-order chi connectivity index (χ1) is 6.50. The number of halogens is 1. The molecule has 1 amide bonds. The normalized spacial score (nSPS) is 10.4. The summed E-state index contributed by atoms with van der Waals surface area (Å²) in [5.41, 5.74) is 1.58. The summed E-state index contributed by atoms with van der Waals surface area (Å²) in [5, 5.41) is 2.81. The highest BCUT2D eigenvalue weighted by Crippen LogP contribution is 2.16. The molecule has 1 aromatic rings. The molecule has 14 heavy (non-hydrogen) atoms. The zero-order valence-electron chi connectivity index (χ0n) is 8.47. The number of aryl methyl sites for hydroxylation is 1. The molecule has 1 heterocycles. The fraction of sp³-hybridized carbons (Fsp3) is 0.400. The van der Waals surface area contributed by atoms with Gasteiger partial charge in [0, 0.05) is 5.92 Å². The Morgan fingerprint density at radius 2 is 2.14 bits per heavy atom. The highest BCUT2D eigenvalue weighted by molar-refractivity contribution is 9.10. The summed E-state index contributed by atoms with van der Waals surface area (Å²) < 4.78 is 0.776. The first-order valence-corrected chi connectivity index (χ1v) is 5.24. The van der Waals surface area contributed by atoms with Gasteiger partial charge >= 0.3 is 0 Å². The second kappa shape index (κ2) is 4.55. The molecule has 0 saturated carbocycles. The quantitative estimate of drug-likeness (QED) is 0.827. The number of amides is 1. The van der Waals surface area contributed by atoms with E-state index in [1.54, 1.807) is 0 Å². The van der Waals surface area contributed by atoms with Crippen molar-refractivity contribution in [1.82, 2.24) is 4.98 Å². The van der Waals surface area contributed by atoms with Crippen LogP contribution in [0.3, 0.4) is 0 Å². The second-order valence-corrected chi connectivity index (χ2v) is 4.22. The minimum Gasteiger partial charge on any atom is -0.324 e. The first-order valence-electron chi connectivity index (χ1n) is 4.44. The average Bonchev–Trinajstić information content (AvgIpc) is 2.09. The van der Waals surface area contributed by atoms with Crippen molar-refractivity contribution in [2.24, 2.45) is 5.92 Å². The van der Waals surface area contributed by atoms with E-state index in [2.05, 4.69) is 26.2 Å². The lowest BCUT2D eigenvalue weighted by Crippen LogP contribution is -2.18. The Kier molecular flexibility index (Phi) is 3.63. The number of rotatable bonds is 2. The van der Waals surface area contributed by atoms with Crippen molar-refractivity contribution >= 4 is 27.5 Å². The first kappa shape index (κ1) is 11.2. The number of pyridine rings is 1. The van der Waals surface area contributed by atoms with Crippen molar-refractivity contribution in [3.05, 3.63) is 22.4 Å². The van der Waals surface area contributed by atoms with Gasteiger partial charge in [-0.2, -0.15) is 0 Å². The zero-order chi connectivity index (χ0) is 10.7. The van der Waals surface area contributed by atoms with Crippen LogP contribution in [0.5, 0.6) is 0 Å². The zero-order valence-corrected chi connectivity index (χ0v) is 10.1. The molecule has 1 aromatic heterocycles. The molecule has 76 valence electrons. The van der Waals surface area contributed by atoms with Gasteiger partial charge in [-0.05, 0) is 35.0 Å². The van der Waals surface area contributed by atoms with E-state index in [1.807, 2.05) is 32.9 Å². The van der Waals surface area contributed by atoms with Crippen LogP contribution in [0.2, 0.25) is 0 Å². The van der Waals surface area contributed by atoms with Gasteiger partial charge in [-0.3, -0.25) is 4.79 Å². The van der Waals surface area contributed by atoms with Crippen LogP contribution < -0.4 is 5.32 Å². The largest absolute Gasteiger partial charge is 0.324 e. The number of anilines is 1. The third kappa shape index (κ3) is 2.80. The molecule has 0 atom stereocenters. The third-order valence-electron chi connectivity index (χ3n) is 1.83. The summed E-state index contributed by atoms with van der Waals surface area (Å²) in [6.45, 7) is 5.58. The van der Waals surface area contributed by atoms with Crippen LogP contribution in [-0.4, -0.2) is 10.9 Å². The Labute approximate surface area is 92.1 Å². The molecule has 0 spiro atoms. The molecule has 4 heteroatoms. The van der Waals surface area contributed by atoms with Gasteiger partial charge in [0.1, 0.15) is 4.60 Å². The standard InChI is InChI=1S/C10H13BrN2O/c1-6(2)10(14)13-8-4-5-9(11)12-7(8)3/h4-6H,1-3H3,(H,13,14). The van der Waals surface area contributed by atoms with Gasteiger partial charge < -0.3 is 5.32 Å². The van der Waals surface area contributed by atoms with Crippen molar-refractivity contribution in [3.8, 4) is 0 Å². The van der Waals surface area contributed by atoms with Gasteiger partial charge in [0.15, 0.2) is 0 Å². The van der Waals surface area contributed by atoms with E-state index in [-0.39, 0.29) is 11.8 Å². The molecule has 0 aliphatic heterocycles. The minimum atomic E-state index is -0.0157. The number of hydrogen-bond acceptors (Lipinski definition) is 2. The third-order valence-corrected chi connectivity index (χ3v) is 2.28. The molecule has 0 bridgehead atoms. The highest BCUT2D eigenvalue weighted by Gasteiger charge is 2.08. The van der Waals surface area contributed by atoms with Gasteiger partial charge in [-0.1, -0.05) is 13.8 Å². The van der Waals surface area contributed by atoms with Crippen LogP contribution >= 0.6 is 15.9 Å². The van der Waals surface area contributed by atoms with Gasteiger partial charge in [-0.15, -0.1) is 0 Å². The molecule has 0 unspecified atom stereocenters. The van der Waals surface area contributed by atoms with Crippen molar-refractivity contribution in [1.29, 1.82) is 0 Å². The van der Waals surface area contributed by atoms with E-state index in [0.29, 0.717) is 0 Å². The fourth-order valence-corrected chi connectivity index (χ4v) is 1.34. The number of aromatic nitrogens is 1. The number of nitrogens with zero attached hydrogens (tertiary/aromatic N) is 1.